The minimum absolute atomic E-state index is 0.0558. The Morgan fingerprint density at radius 3 is 2.40 bits per heavy atom. The van der Waals surface area contributed by atoms with Gasteiger partial charge in [-0.25, -0.2) is 12.7 Å². The maximum atomic E-state index is 12.0. The second-order valence-corrected chi connectivity index (χ2v) is 6.88. The van der Waals surface area contributed by atoms with E-state index in [1.54, 1.807) is 33.4 Å². The molecule has 0 aliphatic carbocycles. The van der Waals surface area contributed by atoms with Gasteiger partial charge in [-0.3, -0.25) is 0 Å². The SMILES string of the molecule is COc1ccc(CN(C)S(=O)(=O)CCCCl)cc1OC. The Kier molecular flexibility index (Phi) is 6.58. The third-order valence-corrected chi connectivity index (χ3v) is 5.01. The maximum Gasteiger partial charge on any atom is 0.214 e. The molecule has 0 aliphatic rings. The maximum absolute atomic E-state index is 12.0. The molecule has 0 radical (unpaired) electrons. The zero-order chi connectivity index (χ0) is 15.2. The molecule has 0 bridgehead atoms. The summed E-state index contributed by atoms with van der Waals surface area (Å²) >= 11 is 5.53. The van der Waals surface area contributed by atoms with E-state index in [-0.39, 0.29) is 12.3 Å². The van der Waals surface area contributed by atoms with Gasteiger partial charge in [-0.1, -0.05) is 6.07 Å². The Hall–Kier alpha value is -0.980. The summed E-state index contributed by atoms with van der Waals surface area (Å²) in [6.45, 7) is 0.283. The number of ether oxygens (including phenoxy) is 2. The zero-order valence-electron chi connectivity index (χ0n) is 11.9. The van der Waals surface area contributed by atoms with Crippen LogP contribution in [0, 0.1) is 0 Å². The summed E-state index contributed by atoms with van der Waals surface area (Å²) in [7, 11) is 1.38. The van der Waals surface area contributed by atoms with Crippen LogP contribution in [0.2, 0.25) is 0 Å². The summed E-state index contributed by atoms with van der Waals surface area (Å²) in [6, 6.07) is 5.34. The molecule has 0 amide bonds. The zero-order valence-corrected chi connectivity index (χ0v) is 13.5. The summed E-state index contributed by atoms with van der Waals surface area (Å²) in [6.07, 6.45) is 0.445. The molecular weight excluding hydrogens is 302 g/mol. The number of benzene rings is 1. The lowest BCUT2D eigenvalue weighted by atomic mass is 10.2. The van der Waals surface area contributed by atoms with E-state index in [2.05, 4.69) is 0 Å². The first-order valence-electron chi connectivity index (χ1n) is 6.15. The van der Waals surface area contributed by atoms with Gasteiger partial charge in [0.25, 0.3) is 0 Å². The third-order valence-electron chi connectivity index (χ3n) is 2.86. The molecule has 0 heterocycles. The molecule has 0 aliphatic heterocycles. The molecule has 0 aromatic heterocycles. The smallest absolute Gasteiger partial charge is 0.214 e. The van der Waals surface area contributed by atoms with Crippen LogP contribution >= 0.6 is 11.6 Å². The average molecular weight is 322 g/mol. The van der Waals surface area contributed by atoms with Crippen molar-refractivity contribution in [1.29, 1.82) is 0 Å². The van der Waals surface area contributed by atoms with E-state index in [1.807, 2.05) is 6.07 Å². The molecule has 5 nitrogen and oxygen atoms in total. The average Bonchev–Trinajstić information content (AvgIpc) is 2.44. The van der Waals surface area contributed by atoms with Crippen molar-refractivity contribution in [2.75, 3.05) is 32.9 Å². The fraction of sp³-hybridized carbons (Fsp3) is 0.538. The molecule has 114 valence electrons. The van der Waals surface area contributed by atoms with Crippen LogP contribution in [0.15, 0.2) is 18.2 Å². The number of sulfonamides is 1. The van der Waals surface area contributed by atoms with E-state index in [0.717, 1.165) is 5.56 Å². The molecular formula is C13H20ClNO4S. The van der Waals surface area contributed by atoms with Gasteiger partial charge >= 0.3 is 0 Å². The first kappa shape index (κ1) is 17.1. The molecule has 0 spiro atoms. The van der Waals surface area contributed by atoms with Gasteiger partial charge in [0.1, 0.15) is 0 Å². The van der Waals surface area contributed by atoms with Gasteiger partial charge in [-0.15, -0.1) is 11.6 Å². The summed E-state index contributed by atoms with van der Waals surface area (Å²) in [5.41, 5.74) is 0.833. The molecule has 0 saturated heterocycles. The lowest BCUT2D eigenvalue weighted by Crippen LogP contribution is -2.29. The Labute approximate surface area is 125 Å². The number of hydrogen-bond donors (Lipinski definition) is 0. The molecule has 0 atom stereocenters. The number of alkyl halides is 1. The number of halogens is 1. The largest absolute Gasteiger partial charge is 0.493 e. The number of nitrogens with zero attached hydrogens (tertiary/aromatic N) is 1. The van der Waals surface area contributed by atoms with Crippen molar-refractivity contribution in [3.8, 4) is 11.5 Å². The van der Waals surface area contributed by atoms with Gasteiger partial charge < -0.3 is 9.47 Å². The van der Waals surface area contributed by atoms with Crippen LogP contribution in [0.25, 0.3) is 0 Å². The van der Waals surface area contributed by atoms with Crippen LogP contribution in [-0.2, 0) is 16.6 Å². The number of rotatable bonds is 8. The van der Waals surface area contributed by atoms with Crippen molar-refractivity contribution < 1.29 is 17.9 Å². The fourth-order valence-electron chi connectivity index (χ4n) is 1.73. The topological polar surface area (TPSA) is 55.8 Å². The molecule has 0 N–H and O–H groups in total. The van der Waals surface area contributed by atoms with Crippen LogP contribution in [0.1, 0.15) is 12.0 Å². The molecule has 1 aromatic carbocycles. The van der Waals surface area contributed by atoms with Crippen LogP contribution in [0.3, 0.4) is 0 Å². The Balaban J connectivity index is 2.82. The van der Waals surface area contributed by atoms with Crippen molar-refractivity contribution in [2.45, 2.75) is 13.0 Å². The second kappa shape index (κ2) is 7.71. The standard InChI is InChI=1S/C13H20ClNO4S/c1-15(20(16,17)8-4-7-14)10-11-5-6-12(18-2)13(9-11)19-3/h5-6,9H,4,7-8,10H2,1-3H3. The van der Waals surface area contributed by atoms with Crippen LogP contribution in [-0.4, -0.2) is 45.6 Å². The van der Waals surface area contributed by atoms with E-state index in [1.165, 1.54) is 4.31 Å². The van der Waals surface area contributed by atoms with Crippen molar-refractivity contribution in [1.82, 2.24) is 4.31 Å². The van der Waals surface area contributed by atoms with Gasteiger partial charge in [0.15, 0.2) is 11.5 Å². The molecule has 1 aromatic rings. The van der Waals surface area contributed by atoms with E-state index < -0.39 is 10.0 Å². The van der Waals surface area contributed by atoms with Crippen molar-refractivity contribution in [2.24, 2.45) is 0 Å². The predicted molar refractivity (Wildman–Crippen MR) is 80.1 cm³/mol. The fourth-order valence-corrected chi connectivity index (χ4v) is 3.19. The summed E-state index contributed by atoms with van der Waals surface area (Å²) in [5.74, 6) is 1.59. The normalized spacial score (nSPS) is 11.7. The minimum Gasteiger partial charge on any atom is -0.493 e. The van der Waals surface area contributed by atoms with Crippen molar-refractivity contribution in [3.05, 3.63) is 23.8 Å². The first-order chi connectivity index (χ1) is 9.44. The Morgan fingerprint density at radius 1 is 1.20 bits per heavy atom. The highest BCUT2D eigenvalue weighted by Crippen LogP contribution is 2.28. The predicted octanol–water partition coefficient (Wildman–Crippen LogP) is 2.09. The van der Waals surface area contributed by atoms with E-state index in [9.17, 15) is 8.42 Å². The quantitative estimate of drug-likeness (QED) is 0.688. The number of methoxy groups -OCH3 is 2. The summed E-state index contributed by atoms with van der Waals surface area (Å²) in [5, 5.41) is 0. The monoisotopic (exact) mass is 321 g/mol. The second-order valence-electron chi connectivity index (χ2n) is 4.30. The Morgan fingerprint density at radius 2 is 1.85 bits per heavy atom. The highest BCUT2D eigenvalue weighted by Gasteiger charge is 2.18. The first-order valence-corrected chi connectivity index (χ1v) is 8.30. The molecule has 0 saturated carbocycles. The van der Waals surface area contributed by atoms with E-state index in [0.29, 0.717) is 23.8 Å². The molecule has 0 unspecified atom stereocenters. The lowest BCUT2D eigenvalue weighted by Gasteiger charge is -2.18. The summed E-state index contributed by atoms with van der Waals surface area (Å²) in [4.78, 5) is 0. The van der Waals surface area contributed by atoms with Gasteiger partial charge in [0.2, 0.25) is 10.0 Å². The van der Waals surface area contributed by atoms with Crippen LogP contribution in [0.4, 0.5) is 0 Å². The van der Waals surface area contributed by atoms with Crippen molar-refractivity contribution in [3.63, 3.8) is 0 Å². The highest BCUT2D eigenvalue weighted by atomic mass is 35.5. The van der Waals surface area contributed by atoms with Gasteiger partial charge in [0, 0.05) is 19.5 Å². The van der Waals surface area contributed by atoms with Crippen molar-refractivity contribution >= 4 is 21.6 Å². The van der Waals surface area contributed by atoms with Crippen LogP contribution in [0.5, 0.6) is 11.5 Å². The summed E-state index contributed by atoms with van der Waals surface area (Å²) < 4.78 is 35.6. The lowest BCUT2D eigenvalue weighted by molar-refractivity contribution is 0.354. The highest BCUT2D eigenvalue weighted by molar-refractivity contribution is 7.89. The molecule has 0 fully saturated rings. The molecule has 1 rings (SSSR count). The van der Waals surface area contributed by atoms with E-state index >= 15 is 0 Å². The van der Waals surface area contributed by atoms with Gasteiger partial charge in [-0.2, -0.15) is 0 Å². The number of hydrogen-bond acceptors (Lipinski definition) is 4. The Bertz CT molecular complexity index is 533. The van der Waals surface area contributed by atoms with Gasteiger partial charge in [-0.05, 0) is 24.1 Å². The van der Waals surface area contributed by atoms with E-state index in [4.69, 9.17) is 21.1 Å². The minimum atomic E-state index is -3.28. The molecule has 20 heavy (non-hydrogen) atoms. The molecule has 7 heteroatoms. The third kappa shape index (κ3) is 4.54. The van der Waals surface area contributed by atoms with Gasteiger partial charge in [0.05, 0.1) is 20.0 Å². The van der Waals surface area contributed by atoms with Crippen LogP contribution < -0.4 is 9.47 Å².